The van der Waals surface area contributed by atoms with Gasteiger partial charge in [0.2, 0.25) is 0 Å². The summed E-state index contributed by atoms with van der Waals surface area (Å²) in [4.78, 5) is 22.3. The van der Waals surface area contributed by atoms with E-state index in [1.54, 1.807) is 20.0 Å². The van der Waals surface area contributed by atoms with E-state index in [2.05, 4.69) is 20.8 Å². The lowest BCUT2D eigenvalue weighted by atomic mass is 9.94. The second kappa shape index (κ2) is 5.52. The van der Waals surface area contributed by atoms with Crippen LogP contribution in [-0.2, 0) is 11.3 Å². The Morgan fingerprint density at radius 2 is 2.11 bits per heavy atom. The lowest BCUT2D eigenvalue weighted by Gasteiger charge is -2.19. The van der Waals surface area contributed by atoms with E-state index in [1.165, 1.54) is 0 Å². The van der Waals surface area contributed by atoms with Crippen molar-refractivity contribution < 1.29 is 14.7 Å². The predicted octanol–water partition coefficient (Wildman–Crippen LogP) is 0.628. The van der Waals surface area contributed by atoms with Gasteiger partial charge in [0.05, 0.1) is 11.6 Å². The maximum absolute atomic E-state index is 11.5. The van der Waals surface area contributed by atoms with Crippen LogP contribution in [0.3, 0.4) is 0 Å². The normalized spacial score (nSPS) is 11.1. The first-order valence-electron chi connectivity index (χ1n) is 5.57. The highest BCUT2D eigenvalue weighted by atomic mass is 16.4. The summed E-state index contributed by atoms with van der Waals surface area (Å²) in [6.07, 6.45) is 1.64. The summed E-state index contributed by atoms with van der Waals surface area (Å²) >= 11 is 0. The number of aromatic amines is 1. The topological polar surface area (TPSA) is 107 Å². The number of aryl methyl sites for hydroxylation is 1. The van der Waals surface area contributed by atoms with Crippen molar-refractivity contribution in [3.05, 3.63) is 17.5 Å². The molecule has 100 valence electrons. The Labute approximate surface area is 105 Å². The fourth-order valence-corrected chi connectivity index (χ4v) is 1.17. The Bertz CT molecular complexity index is 439. The van der Waals surface area contributed by atoms with Crippen LogP contribution in [0.2, 0.25) is 0 Å². The highest BCUT2D eigenvalue weighted by Crippen LogP contribution is 2.12. The highest BCUT2D eigenvalue weighted by molar-refractivity contribution is 5.77. The summed E-state index contributed by atoms with van der Waals surface area (Å²) < 4.78 is 0. The van der Waals surface area contributed by atoms with Gasteiger partial charge in [-0.2, -0.15) is 5.10 Å². The molecule has 4 N–H and O–H groups in total. The van der Waals surface area contributed by atoms with E-state index in [4.69, 9.17) is 5.11 Å². The number of hydrogen-bond acceptors (Lipinski definition) is 3. The smallest absolute Gasteiger partial charge is 0.315 e. The number of aromatic nitrogens is 2. The summed E-state index contributed by atoms with van der Waals surface area (Å²) in [5.74, 6) is -0.950. The van der Waals surface area contributed by atoms with Crippen molar-refractivity contribution in [2.24, 2.45) is 5.41 Å². The largest absolute Gasteiger partial charge is 0.481 e. The molecule has 0 fully saturated rings. The van der Waals surface area contributed by atoms with Crippen LogP contribution in [-0.4, -0.2) is 33.8 Å². The second-order valence-electron chi connectivity index (χ2n) is 4.75. The number of nitrogens with zero attached hydrogens (tertiary/aromatic N) is 1. The van der Waals surface area contributed by atoms with Gasteiger partial charge in [-0.05, 0) is 20.8 Å². The summed E-state index contributed by atoms with van der Waals surface area (Å²) in [5.41, 5.74) is 0.798. The third kappa shape index (κ3) is 3.76. The fraction of sp³-hybridized carbons (Fsp3) is 0.545. The third-order valence-electron chi connectivity index (χ3n) is 2.64. The standard InChI is InChI=1S/C11H18N4O3/c1-7-8(5-14-15-7)4-12-10(18)13-6-11(2,3)9(16)17/h5H,4,6H2,1-3H3,(H,14,15)(H,16,17)(H2,12,13,18). The molecule has 0 bridgehead atoms. The molecule has 0 unspecified atom stereocenters. The Hall–Kier alpha value is -2.05. The van der Waals surface area contributed by atoms with Crippen molar-refractivity contribution in [2.45, 2.75) is 27.3 Å². The maximum Gasteiger partial charge on any atom is 0.315 e. The van der Waals surface area contributed by atoms with Crippen LogP contribution in [0, 0.1) is 12.3 Å². The van der Waals surface area contributed by atoms with E-state index in [-0.39, 0.29) is 6.54 Å². The Morgan fingerprint density at radius 1 is 1.44 bits per heavy atom. The molecule has 0 saturated carbocycles. The first-order valence-corrected chi connectivity index (χ1v) is 5.57. The van der Waals surface area contributed by atoms with Gasteiger partial charge in [0.15, 0.2) is 0 Å². The van der Waals surface area contributed by atoms with E-state index in [0.717, 1.165) is 11.3 Å². The minimum atomic E-state index is -0.983. The number of amides is 2. The zero-order valence-electron chi connectivity index (χ0n) is 10.7. The number of nitrogens with one attached hydrogen (secondary N) is 3. The van der Waals surface area contributed by atoms with Crippen LogP contribution in [0.5, 0.6) is 0 Å². The summed E-state index contributed by atoms with van der Waals surface area (Å²) in [6, 6.07) is -0.398. The van der Waals surface area contributed by atoms with Gasteiger partial charge in [-0.1, -0.05) is 0 Å². The van der Waals surface area contributed by atoms with Crippen molar-refractivity contribution in [3.8, 4) is 0 Å². The zero-order valence-corrected chi connectivity index (χ0v) is 10.7. The molecule has 0 aliphatic rings. The molecule has 0 atom stereocenters. The van der Waals surface area contributed by atoms with E-state index >= 15 is 0 Å². The molecule has 0 aliphatic heterocycles. The maximum atomic E-state index is 11.5. The monoisotopic (exact) mass is 254 g/mol. The average Bonchev–Trinajstić information content (AvgIpc) is 2.69. The number of aliphatic carboxylic acids is 1. The molecule has 0 saturated heterocycles. The molecule has 0 spiro atoms. The molecule has 7 nitrogen and oxygen atoms in total. The molecule has 0 radical (unpaired) electrons. The Morgan fingerprint density at radius 3 is 2.61 bits per heavy atom. The van der Waals surface area contributed by atoms with Crippen molar-refractivity contribution in [3.63, 3.8) is 0 Å². The van der Waals surface area contributed by atoms with Gasteiger partial charge >= 0.3 is 12.0 Å². The van der Waals surface area contributed by atoms with Crippen molar-refractivity contribution in [1.29, 1.82) is 0 Å². The van der Waals surface area contributed by atoms with Crippen LogP contribution in [0.1, 0.15) is 25.1 Å². The van der Waals surface area contributed by atoms with Crippen LogP contribution in [0.15, 0.2) is 6.20 Å². The first-order chi connectivity index (χ1) is 8.33. The summed E-state index contributed by atoms with van der Waals surface area (Å²) in [5, 5.41) is 20.6. The van der Waals surface area contributed by atoms with Gasteiger partial charge in [-0.25, -0.2) is 4.79 Å². The molecule has 2 amide bonds. The number of hydrogen-bond donors (Lipinski definition) is 4. The Kier molecular flexibility index (Phi) is 4.30. The number of urea groups is 1. The molecule has 0 aromatic carbocycles. The minimum Gasteiger partial charge on any atom is -0.481 e. The van der Waals surface area contributed by atoms with Gasteiger partial charge in [0, 0.05) is 24.3 Å². The molecular weight excluding hydrogens is 236 g/mol. The number of rotatable bonds is 5. The van der Waals surface area contributed by atoms with Gasteiger partial charge in [-0.15, -0.1) is 0 Å². The van der Waals surface area contributed by atoms with Crippen LogP contribution < -0.4 is 10.6 Å². The Balaban J connectivity index is 2.35. The SMILES string of the molecule is Cc1[nH]ncc1CNC(=O)NCC(C)(C)C(=O)O. The van der Waals surface area contributed by atoms with E-state index in [1.807, 2.05) is 6.92 Å². The van der Waals surface area contributed by atoms with Crippen molar-refractivity contribution in [2.75, 3.05) is 6.54 Å². The molecule has 7 heteroatoms. The molecule has 18 heavy (non-hydrogen) atoms. The number of carbonyl (C=O) groups is 2. The van der Waals surface area contributed by atoms with Crippen LogP contribution >= 0.6 is 0 Å². The molecule has 0 aliphatic carbocycles. The molecule has 1 aromatic heterocycles. The summed E-state index contributed by atoms with van der Waals surface area (Å²) in [6.45, 7) is 5.38. The van der Waals surface area contributed by atoms with E-state index in [0.29, 0.717) is 6.54 Å². The quantitative estimate of drug-likeness (QED) is 0.618. The van der Waals surface area contributed by atoms with Crippen molar-refractivity contribution >= 4 is 12.0 Å². The lowest BCUT2D eigenvalue weighted by Crippen LogP contribution is -2.43. The average molecular weight is 254 g/mol. The highest BCUT2D eigenvalue weighted by Gasteiger charge is 2.27. The molecule has 1 heterocycles. The number of carboxylic acids is 1. The number of carboxylic acid groups (broad SMARTS) is 1. The lowest BCUT2D eigenvalue weighted by molar-refractivity contribution is -0.146. The zero-order chi connectivity index (χ0) is 13.8. The third-order valence-corrected chi connectivity index (χ3v) is 2.64. The number of carbonyl (C=O) groups excluding carboxylic acids is 1. The number of H-pyrrole nitrogens is 1. The molecule has 1 rings (SSSR count). The van der Waals surface area contributed by atoms with Crippen LogP contribution in [0.4, 0.5) is 4.79 Å². The van der Waals surface area contributed by atoms with Gasteiger partial charge in [-0.3, -0.25) is 9.89 Å². The van der Waals surface area contributed by atoms with E-state index in [9.17, 15) is 9.59 Å². The molecular formula is C11H18N4O3. The second-order valence-corrected chi connectivity index (χ2v) is 4.75. The fourth-order valence-electron chi connectivity index (χ4n) is 1.17. The van der Waals surface area contributed by atoms with Crippen molar-refractivity contribution in [1.82, 2.24) is 20.8 Å². The van der Waals surface area contributed by atoms with Gasteiger partial charge < -0.3 is 15.7 Å². The first kappa shape index (κ1) is 14.0. The van der Waals surface area contributed by atoms with Crippen LogP contribution in [0.25, 0.3) is 0 Å². The van der Waals surface area contributed by atoms with E-state index < -0.39 is 17.4 Å². The van der Waals surface area contributed by atoms with Gasteiger partial charge in [0.1, 0.15) is 0 Å². The van der Waals surface area contributed by atoms with Gasteiger partial charge in [0.25, 0.3) is 0 Å². The molecule has 1 aromatic rings. The predicted molar refractivity (Wildman–Crippen MR) is 65.0 cm³/mol. The summed E-state index contributed by atoms with van der Waals surface area (Å²) in [7, 11) is 0. The minimum absolute atomic E-state index is 0.0680.